The monoisotopic (exact) mass is 473 g/mol. The van der Waals surface area contributed by atoms with E-state index < -0.39 is 40.7 Å². The summed E-state index contributed by atoms with van der Waals surface area (Å²) in [5, 5.41) is -1.08. The summed E-state index contributed by atoms with van der Waals surface area (Å²) < 4.78 is 82.8. The molecule has 2 aromatic carbocycles. The molecular weight excluding hydrogens is 450 g/mol. The van der Waals surface area contributed by atoms with Gasteiger partial charge in [-0.05, 0) is 50.6 Å². The molecule has 1 N–H and O–H groups in total. The Bertz CT molecular complexity index is 1250. The molecule has 0 amide bonds. The first-order chi connectivity index (χ1) is 13.9. The number of sulfone groups is 2. The average molecular weight is 474 g/mol. The van der Waals surface area contributed by atoms with Crippen molar-refractivity contribution in [2.24, 2.45) is 0 Å². The van der Waals surface area contributed by atoms with E-state index in [9.17, 15) is 25.3 Å². The summed E-state index contributed by atoms with van der Waals surface area (Å²) in [4.78, 5) is -0.469. The Morgan fingerprint density at radius 1 is 1.00 bits per heavy atom. The summed E-state index contributed by atoms with van der Waals surface area (Å²) in [7, 11) is -11.5. The van der Waals surface area contributed by atoms with Crippen molar-refractivity contribution in [3.05, 3.63) is 48.5 Å². The third-order valence-electron chi connectivity index (χ3n) is 4.57. The number of hydrogen-bond acceptors (Lipinski definition) is 7. The smallest absolute Gasteiger partial charge is 0.262 e. The van der Waals surface area contributed by atoms with Gasteiger partial charge in [-0.1, -0.05) is 18.2 Å². The van der Waals surface area contributed by atoms with Crippen molar-refractivity contribution < 1.29 is 30.0 Å². The third kappa shape index (κ3) is 4.96. The molecule has 0 saturated carbocycles. The second-order valence-electron chi connectivity index (χ2n) is 7.31. The minimum atomic E-state index is -4.11. The zero-order valence-electron chi connectivity index (χ0n) is 16.5. The lowest BCUT2D eigenvalue weighted by Gasteiger charge is -2.16. The molecule has 3 rings (SSSR count). The molecule has 0 unspecified atom stereocenters. The quantitative estimate of drug-likeness (QED) is 0.654. The molecule has 0 aliphatic carbocycles. The Kier molecular flexibility index (Phi) is 6.17. The van der Waals surface area contributed by atoms with E-state index in [2.05, 4.69) is 4.72 Å². The van der Waals surface area contributed by atoms with Gasteiger partial charge in [0.15, 0.2) is 19.7 Å². The first-order valence-corrected chi connectivity index (χ1v) is 14.1. The topological polar surface area (TPSA) is 124 Å². The molecule has 1 aliphatic rings. The van der Waals surface area contributed by atoms with Crippen LogP contribution >= 0.6 is 0 Å². The van der Waals surface area contributed by atoms with Crippen LogP contribution in [0.4, 0.5) is 5.69 Å². The summed E-state index contributed by atoms with van der Waals surface area (Å²) in [5.41, 5.74) is 0.223. The van der Waals surface area contributed by atoms with Crippen LogP contribution in [-0.4, -0.2) is 48.1 Å². The maximum Gasteiger partial charge on any atom is 0.262 e. The van der Waals surface area contributed by atoms with Gasteiger partial charge in [-0.15, -0.1) is 0 Å². The molecule has 1 atom stereocenters. The van der Waals surface area contributed by atoms with Crippen molar-refractivity contribution in [2.45, 2.75) is 41.4 Å². The molecule has 164 valence electrons. The van der Waals surface area contributed by atoms with E-state index in [1.54, 1.807) is 24.3 Å². The van der Waals surface area contributed by atoms with Gasteiger partial charge in [0.1, 0.15) is 5.75 Å². The van der Waals surface area contributed by atoms with Gasteiger partial charge in [0.2, 0.25) is 0 Å². The molecule has 30 heavy (non-hydrogen) atoms. The van der Waals surface area contributed by atoms with Crippen LogP contribution in [0.25, 0.3) is 0 Å². The zero-order valence-corrected chi connectivity index (χ0v) is 18.9. The van der Waals surface area contributed by atoms with E-state index >= 15 is 0 Å². The van der Waals surface area contributed by atoms with Gasteiger partial charge in [0.25, 0.3) is 10.0 Å². The first-order valence-electron chi connectivity index (χ1n) is 9.24. The molecule has 2 aromatic rings. The molecule has 0 spiro atoms. The van der Waals surface area contributed by atoms with Gasteiger partial charge in [-0.2, -0.15) is 0 Å². The normalized spacial score (nSPS) is 19.0. The van der Waals surface area contributed by atoms with E-state index in [0.717, 1.165) is 6.07 Å². The highest BCUT2D eigenvalue weighted by Crippen LogP contribution is 2.30. The predicted molar refractivity (Wildman–Crippen MR) is 114 cm³/mol. The van der Waals surface area contributed by atoms with Crippen molar-refractivity contribution >= 4 is 35.4 Å². The summed E-state index contributed by atoms with van der Waals surface area (Å²) in [6.07, 6.45) is -0.174. The Labute approximate surface area is 177 Å². The van der Waals surface area contributed by atoms with Crippen LogP contribution in [0, 0.1) is 0 Å². The van der Waals surface area contributed by atoms with E-state index in [4.69, 9.17) is 4.74 Å². The minimum absolute atomic E-state index is 0.000188. The van der Waals surface area contributed by atoms with Crippen LogP contribution in [0.5, 0.6) is 5.75 Å². The Morgan fingerprint density at radius 2 is 1.67 bits per heavy atom. The second kappa shape index (κ2) is 8.20. The highest BCUT2D eigenvalue weighted by atomic mass is 32.2. The van der Waals surface area contributed by atoms with E-state index in [0.29, 0.717) is 5.75 Å². The average Bonchev–Trinajstić information content (AvgIpc) is 3.03. The van der Waals surface area contributed by atoms with Crippen LogP contribution in [0.2, 0.25) is 0 Å². The molecule has 0 aromatic heterocycles. The van der Waals surface area contributed by atoms with Crippen LogP contribution < -0.4 is 9.46 Å². The fourth-order valence-electron chi connectivity index (χ4n) is 3.13. The molecule has 1 heterocycles. The highest BCUT2D eigenvalue weighted by molar-refractivity contribution is 7.96. The Hall–Kier alpha value is -2.11. The SMILES string of the molecule is CC(C)Oc1ccccc1NS(=O)(=O)c1cccc(S(=O)(=O)[C@H]2CCS(=O)(=O)C2)c1. The number of para-hydroxylation sites is 2. The Balaban J connectivity index is 1.92. The van der Waals surface area contributed by atoms with E-state index in [1.807, 2.05) is 13.8 Å². The van der Waals surface area contributed by atoms with Crippen molar-refractivity contribution in [1.29, 1.82) is 0 Å². The van der Waals surface area contributed by atoms with Gasteiger partial charge >= 0.3 is 0 Å². The van der Waals surface area contributed by atoms with Crippen molar-refractivity contribution in [1.82, 2.24) is 0 Å². The second-order valence-corrected chi connectivity index (χ2v) is 13.5. The fraction of sp³-hybridized carbons (Fsp3) is 0.368. The van der Waals surface area contributed by atoms with Crippen LogP contribution in [0.1, 0.15) is 20.3 Å². The molecule has 8 nitrogen and oxygen atoms in total. The van der Waals surface area contributed by atoms with Crippen LogP contribution in [0.15, 0.2) is 58.3 Å². The lowest BCUT2D eigenvalue weighted by molar-refractivity contribution is 0.244. The molecular formula is C19H23NO7S3. The summed E-state index contributed by atoms with van der Waals surface area (Å²) in [6.45, 7) is 3.62. The van der Waals surface area contributed by atoms with E-state index in [1.165, 1.54) is 18.2 Å². The molecule has 11 heteroatoms. The number of rotatable bonds is 7. The number of ether oxygens (including phenoxy) is 1. The maximum absolute atomic E-state index is 12.9. The van der Waals surface area contributed by atoms with Crippen molar-refractivity contribution in [2.75, 3.05) is 16.2 Å². The standard InChI is InChI=1S/C19H23NO7S3/c1-14(2)27-19-9-4-3-8-18(19)20-30(25,26)16-7-5-6-15(12-16)29(23,24)17-10-11-28(21,22)13-17/h3-9,12,14,17,20H,10-11,13H2,1-2H3/t17-/m0/s1. The molecule has 1 fully saturated rings. The number of nitrogens with one attached hydrogen (secondary N) is 1. The van der Waals surface area contributed by atoms with Crippen LogP contribution in [-0.2, 0) is 29.7 Å². The van der Waals surface area contributed by atoms with Gasteiger partial charge in [-0.3, -0.25) is 4.72 Å². The largest absolute Gasteiger partial charge is 0.489 e. The van der Waals surface area contributed by atoms with Crippen molar-refractivity contribution in [3.8, 4) is 5.75 Å². The molecule has 1 aliphatic heterocycles. The van der Waals surface area contributed by atoms with Crippen LogP contribution in [0.3, 0.4) is 0 Å². The molecule has 0 radical (unpaired) electrons. The number of benzene rings is 2. The number of sulfonamides is 1. The van der Waals surface area contributed by atoms with Gasteiger partial charge in [-0.25, -0.2) is 25.3 Å². The highest BCUT2D eigenvalue weighted by Gasteiger charge is 2.38. The van der Waals surface area contributed by atoms with Gasteiger partial charge < -0.3 is 4.74 Å². The minimum Gasteiger partial charge on any atom is -0.489 e. The number of hydrogen-bond donors (Lipinski definition) is 1. The first kappa shape index (κ1) is 22.6. The summed E-state index contributed by atoms with van der Waals surface area (Å²) in [6, 6.07) is 11.4. The fourth-order valence-corrected chi connectivity index (χ4v) is 8.72. The molecule has 1 saturated heterocycles. The zero-order chi connectivity index (χ0) is 22.2. The predicted octanol–water partition coefficient (Wildman–Crippen LogP) is 2.24. The lowest BCUT2D eigenvalue weighted by Crippen LogP contribution is -2.23. The maximum atomic E-state index is 12.9. The van der Waals surface area contributed by atoms with Gasteiger partial charge in [0.05, 0.1) is 38.3 Å². The molecule has 0 bridgehead atoms. The number of anilines is 1. The third-order valence-corrected chi connectivity index (χ3v) is 10.1. The lowest BCUT2D eigenvalue weighted by atomic mass is 10.3. The van der Waals surface area contributed by atoms with Gasteiger partial charge in [0, 0.05) is 0 Å². The van der Waals surface area contributed by atoms with Crippen molar-refractivity contribution in [3.63, 3.8) is 0 Å². The Morgan fingerprint density at radius 3 is 2.30 bits per heavy atom. The summed E-state index contributed by atoms with van der Waals surface area (Å²) >= 11 is 0. The summed E-state index contributed by atoms with van der Waals surface area (Å²) in [5.74, 6) is -0.302. The van der Waals surface area contributed by atoms with E-state index in [-0.39, 0.29) is 33.8 Å².